The summed E-state index contributed by atoms with van der Waals surface area (Å²) >= 11 is 6.10. The van der Waals surface area contributed by atoms with Gasteiger partial charge in [-0.1, -0.05) is 43.0 Å². The molecule has 0 spiro atoms. The zero-order valence-corrected chi connectivity index (χ0v) is 19.2. The van der Waals surface area contributed by atoms with Crippen LogP contribution in [-0.4, -0.2) is 15.5 Å². The highest BCUT2D eigenvalue weighted by Gasteiger charge is 2.34. The number of nitrogens with zero attached hydrogens (tertiary/aromatic N) is 2. The van der Waals surface area contributed by atoms with Crippen LogP contribution in [0.5, 0.6) is 0 Å². The summed E-state index contributed by atoms with van der Waals surface area (Å²) in [5, 5.41) is 3.38. The van der Waals surface area contributed by atoms with E-state index in [4.69, 9.17) is 16.6 Å². The van der Waals surface area contributed by atoms with Gasteiger partial charge in [-0.15, -0.1) is 0 Å². The molecule has 5 rings (SSSR count). The van der Waals surface area contributed by atoms with Crippen LogP contribution in [0.4, 0.5) is 14.5 Å². The van der Waals surface area contributed by atoms with Gasteiger partial charge in [0.25, 0.3) is 0 Å². The number of amides is 1. The molecule has 4 nitrogen and oxygen atoms in total. The minimum atomic E-state index is -0.638. The van der Waals surface area contributed by atoms with Crippen LogP contribution in [-0.2, 0) is 4.79 Å². The van der Waals surface area contributed by atoms with Crippen molar-refractivity contribution in [1.82, 2.24) is 9.55 Å². The Hall–Kier alpha value is -3.25. The minimum Gasteiger partial charge on any atom is -0.322 e. The standard InChI is InChI=1S/C27H24ClF2N3O/c28-19-12-10-18(11-13-19)26-31-23-16-20(29)14-15-24(23)33(26)25(17-6-2-1-3-7-17)27(34)32-22-9-5-4-8-21(22)30/h4-5,8-17,25H,1-3,6-7H2,(H,32,34). The first kappa shape index (κ1) is 22.5. The lowest BCUT2D eigenvalue weighted by atomic mass is 9.83. The number of carbonyl (C=O) groups excluding carboxylic acids is 1. The molecule has 1 heterocycles. The fourth-order valence-electron chi connectivity index (χ4n) is 4.92. The van der Waals surface area contributed by atoms with Crippen molar-refractivity contribution in [1.29, 1.82) is 0 Å². The molecule has 0 saturated heterocycles. The number of para-hydroxylation sites is 1. The predicted octanol–water partition coefficient (Wildman–Crippen LogP) is 7.40. The van der Waals surface area contributed by atoms with Crippen LogP contribution in [0.3, 0.4) is 0 Å². The first-order chi connectivity index (χ1) is 16.5. The molecule has 1 fully saturated rings. The van der Waals surface area contributed by atoms with Crippen LogP contribution >= 0.6 is 11.6 Å². The molecule has 7 heteroatoms. The quantitative estimate of drug-likeness (QED) is 0.324. The number of aromatic nitrogens is 2. The van der Waals surface area contributed by atoms with Gasteiger partial charge in [-0.3, -0.25) is 4.79 Å². The third kappa shape index (κ3) is 4.42. The monoisotopic (exact) mass is 479 g/mol. The van der Waals surface area contributed by atoms with Gasteiger partial charge in [-0.05, 0) is 67.3 Å². The maximum Gasteiger partial charge on any atom is 0.247 e. The Kier molecular flexibility index (Phi) is 6.33. The van der Waals surface area contributed by atoms with Gasteiger partial charge in [0.1, 0.15) is 23.5 Å². The summed E-state index contributed by atoms with van der Waals surface area (Å²) in [4.78, 5) is 18.5. The normalized spacial score (nSPS) is 15.4. The number of anilines is 1. The lowest BCUT2D eigenvalue weighted by Crippen LogP contribution is -2.34. The molecule has 1 aliphatic rings. The van der Waals surface area contributed by atoms with Gasteiger partial charge in [0.2, 0.25) is 5.91 Å². The molecular formula is C27H24ClF2N3O. The number of hydrogen-bond acceptors (Lipinski definition) is 2. The number of halogens is 3. The van der Waals surface area contributed by atoms with Crippen LogP contribution in [0.15, 0.2) is 66.7 Å². The van der Waals surface area contributed by atoms with Crippen LogP contribution in [0, 0.1) is 17.6 Å². The van der Waals surface area contributed by atoms with Crippen molar-refractivity contribution in [3.63, 3.8) is 0 Å². The molecule has 1 aromatic heterocycles. The van der Waals surface area contributed by atoms with E-state index in [-0.39, 0.29) is 17.5 Å². The zero-order valence-electron chi connectivity index (χ0n) is 18.5. The molecule has 0 radical (unpaired) electrons. The van der Waals surface area contributed by atoms with E-state index in [1.54, 1.807) is 36.4 Å². The summed E-state index contributed by atoms with van der Waals surface area (Å²) in [6.45, 7) is 0. The smallest absolute Gasteiger partial charge is 0.247 e. The number of hydrogen-bond donors (Lipinski definition) is 1. The van der Waals surface area contributed by atoms with Crippen LogP contribution in [0.1, 0.15) is 38.1 Å². The van der Waals surface area contributed by atoms with E-state index in [1.165, 1.54) is 18.2 Å². The van der Waals surface area contributed by atoms with Crippen molar-refractivity contribution < 1.29 is 13.6 Å². The van der Waals surface area contributed by atoms with E-state index in [0.29, 0.717) is 21.9 Å². The first-order valence-corrected chi connectivity index (χ1v) is 11.9. The van der Waals surface area contributed by atoms with Crippen LogP contribution < -0.4 is 5.32 Å². The maximum absolute atomic E-state index is 14.4. The summed E-state index contributed by atoms with van der Waals surface area (Å²) in [5.74, 6) is -0.611. The van der Waals surface area contributed by atoms with Crippen molar-refractivity contribution >= 4 is 34.2 Å². The molecular weight excluding hydrogens is 456 g/mol. The Morgan fingerprint density at radius 2 is 1.74 bits per heavy atom. The van der Waals surface area contributed by atoms with Gasteiger partial charge >= 0.3 is 0 Å². The third-order valence-electron chi connectivity index (χ3n) is 6.53. The zero-order chi connectivity index (χ0) is 23.7. The molecule has 34 heavy (non-hydrogen) atoms. The third-order valence-corrected chi connectivity index (χ3v) is 6.78. The second-order valence-electron chi connectivity index (χ2n) is 8.76. The summed E-state index contributed by atoms with van der Waals surface area (Å²) in [7, 11) is 0. The molecule has 1 saturated carbocycles. The Bertz CT molecular complexity index is 1330. The largest absolute Gasteiger partial charge is 0.322 e. The Morgan fingerprint density at radius 3 is 2.47 bits per heavy atom. The molecule has 1 aliphatic carbocycles. The van der Waals surface area contributed by atoms with Gasteiger partial charge in [0, 0.05) is 16.7 Å². The molecule has 1 unspecified atom stereocenters. The van der Waals surface area contributed by atoms with E-state index in [9.17, 15) is 13.6 Å². The van der Waals surface area contributed by atoms with E-state index in [0.717, 1.165) is 37.7 Å². The number of fused-ring (bicyclic) bond motifs is 1. The molecule has 0 bridgehead atoms. The summed E-state index contributed by atoms with van der Waals surface area (Å²) < 4.78 is 30.4. The lowest BCUT2D eigenvalue weighted by molar-refractivity contribution is -0.121. The number of rotatable bonds is 5. The fourth-order valence-corrected chi connectivity index (χ4v) is 5.04. The highest BCUT2D eigenvalue weighted by molar-refractivity contribution is 6.30. The Morgan fingerprint density at radius 1 is 1.00 bits per heavy atom. The average molecular weight is 480 g/mol. The molecule has 4 aromatic rings. The van der Waals surface area contributed by atoms with Crippen molar-refractivity contribution in [2.24, 2.45) is 5.92 Å². The van der Waals surface area contributed by atoms with Crippen LogP contribution in [0.2, 0.25) is 5.02 Å². The molecule has 0 aliphatic heterocycles. The minimum absolute atomic E-state index is 0.0361. The summed E-state index contributed by atoms with van der Waals surface area (Å²) in [6.07, 6.45) is 4.90. The van der Waals surface area contributed by atoms with Crippen molar-refractivity contribution in [3.8, 4) is 11.4 Å². The second kappa shape index (κ2) is 9.55. The van der Waals surface area contributed by atoms with E-state index in [2.05, 4.69) is 5.32 Å². The van der Waals surface area contributed by atoms with Gasteiger partial charge < -0.3 is 9.88 Å². The van der Waals surface area contributed by atoms with Gasteiger partial charge in [0.05, 0.1) is 16.7 Å². The molecule has 1 amide bonds. The fraction of sp³-hybridized carbons (Fsp3) is 0.259. The van der Waals surface area contributed by atoms with Crippen LogP contribution in [0.25, 0.3) is 22.4 Å². The highest BCUT2D eigenvalue weighted by Crippen LogP contribution is 2.39. The van der Waals surface area contributed by atoms with Crippen molar-refractivity contribution in [3.05, 3.63) is 83.4 Å². The van der Waals surface area contributed by atoms with Gasteiger partial charge in [-0.25, -0.2) is 13.8 Å². The molecule has 1 N–H and O–H groups in total. The second-order valence-corrected chi connectivity index (χ2v) is 9.19. The van der Waals surface area contributed by atoms with Crippen molar-refractivity contribution in [2.75, 3.05) is 5.32 Å². The van der Waals surface area contributed by atoms with E-state index >= 15 is 0 Å². The van der Waals surface area contributed by atoms with E-state index in [1.807, 2.05) is 16.7 Å². The number of benzene rings is 3. The van der Waals surface area contributed by atoms with Gasteiger partial charge in [0.15, 0.2) is 0 Å². The summed E-state index contributed by atoms with van der Waals surface area (Å²) in [6, 6.07) is 17.1. The average Bonchev–Trinajstić information content (AvgIpc) is 3.20. The van der Waals surface area contributed by atoms with Crippen molar-refractivity contribution in [2.45, 2.75) is 38.1 Å². The molecule has 174 valence electrons. The SMILES string of the molecule is O=C(Nc1ccccc1F)C(C1CCCCC1)n1c(-c2ccc(Cl)cc2)nc2cc(F)ccc21. The first-order valence-electron chi connectivity index (χ1n) is 11.5. The summed E-state index contributed by atoms with van der Waals surface area (Å²) in [5.41, 5.74) is 2.02. The number of nitrogens with one attached hydrogen (secondary N) is 1. The molecule has 1 atom stereocenters. The predicted molar refractivity (Wildman–Crippen MR) is 131 cm³/mol. The number of imidazole rings is 1. The number of carbonyl (C=O) groups is 1. The Balaban J connectivity index is 1.68. The lowest BCUT2D eigenvalue weighted by Gasteiger charge is -2.32. The van der Waals surface area contributed by atoms with E-state index < -0.39 is 17.7 Å². The maximum atomic E-state index is 14.4. The molecule has 3 aromatic carbocycles. The topological polar surface area (TPSA) is 46.9 Å². The highest BCUT2D eigenvalue weighted by atomic mass is 35.5. The van der Waals surface area contributed by atoms with Gasteiger partial charge in [-0.2, -0.15) is 0 Å². The Labute approximate surface area is 201 Å².